The topological polar surface area (TPSA) is 46.2 Å². The van der Waals surface area contributed by atoms with Crippen LogP contribution in [0.5, 0.6) is 5.75 Å². The maximum absolute atomic E-state index is 9.14. The van der Waals surface area contributed by atoms with Crippen LogP contribution in [0.1, 0.15) is 11.1 Å². The van der Waals surface area contributed by atoms with E-state index in [1.807, 2.05) is 12.1 Å². The van der Waals surface area contributed by atoms with Gasteiger partial charge in [-0.25, -0.2) is 0 Å². The summed E-state index contributed by atoms with van der Waals surface area (Å²) in [6.07, 6.45) is 1.86. The predicted molar refractivity (Wildman–Crippen MR) is 43.5 cm³/mol. The van der Waals surface area contributed by atoms with Crippen LogP contribution in [0.3, 0.4) is 0 Å². The summed E-state index contributed by atoms with van der Waals surface area (Å²) in [7, 11) is 0. The third-order valence-electron chi connectivity index (χ3n) is 2.15. The Morgan fingerprint density at radius 3 is 2.82 bits per heavy atom. The summed E-state index contributed by atoms with van der Waals surface area (Å²) in [5, 5.41) is 9.14. The fourth-order valence-electron chi connectivity index (χ4n) is 1.64. The highest BCUT2D eigenvalue weighted by Gasteiger charge is 2.17. The average Bonchev–Trinajstić information content (AvgIpc) is 2.27. The van der Waals surface area contributed by atoms with E-state index in [1.54, 1.807) is 6.07 Å². The Morgan fingerprint density at radius 1 is 1.27 bits per heavy atom. The van der Waals surface area contributed by atoms with E-state index in [4.69, 9.17) is 10.8 Å². The Balaban J connectivity index is 2.43. The molecule has 0 saturated heterocycles. The molecule has 2 heteroatoms. The van der Waals surface area contributed by atoms with Crippen molar-refractivity contribution in [2.75, 3.05) is 0 Å². The van der Waals surface area contributed by atoms with Crippen LogP contribution in [0.4, 0.5) is 0 Å². The summed E-state index contributed by atoms with van der Waals surface area (Å²) < 4.78 is 0. The number of aromatic hydroxyl groups is 1. The molecule has 0 heterocycles. The Morgan fingerprint density at radius 2 is 2.00 bits per heavy atom. The van der Waals surface area contributed by atoms with Crippen molar-refractivity contribution in [2.24, 2.45) is 5.73 Å². The monoisotopic (exact) mass is 149 g/mol. The molecule has 0 bridgehead atoms. The fourth-order valence-corrected chi connectivity index (χ4v) is 1.64. The van der Waals surface area contributed by atoms with Gasteiger partial charge in [-0.15, -0.1) is 0 Å². The van der Waals surface area contributed by atoms with Crippen LogP contribution >= 0.6 is 0 Å². The summed E-state index contributed by atoms with van der Waals surface area (Å²) in [5.41, 5.74) is 8.25. The Labute approximate surface area is 65.7 Å². The van der Waals surface area contributed by atoms with E-state index >= 15 is 0 Å². The molecule has 2 nitrogen and oxygen atoms in total. The smallest absolute Gasteiger partial charge is 0.115 e. The van der Waals surface area contributed by atoms with Gasteiger partial charge in [0.05, 0.1) is 0 Å². The largest absolute Gasteiger partial charge is 0.508 e. The molecule has 58 valence electrons. The number of nitrogens with two attached hydrogens (primary N) is 1. The molecule has 0 aliphatic heterocycles. The number of phenolic OH excluding ortho intramolecular Hbond substituents is 1. The highest BCUT2D eigenvalue weighted by Crippen LogP contribution is 2.24. The standard InChI is InChI=1S/C9H11NO/c10-8-3-6-1-2-9(11)5-7(6)4-8/h1-2,5,8,11H,3-4,10H2. The molecule has 1 unspecified atom stereocenters. The van der Waals surface area contributed by atoms with E-state index < -0.39 is 0 Å². The second-order valence-electron chi connectivity index (χ2n) is 3.12. The fraction of sp³-hybridized carbons (Fsp3) is 0.333. The highest BCUT2D eigenvalue weighted by atomic mass is 16.3. The minimum Gasteiger partial charge on any atom is -0.508 e. The normalized spacial score (nSPS) is 21.7. The molecule has 0 amide bonds. The SMILES string of the molecule is NC1Cc2ccc(O)cc2C1. The Hall–Kier alpha value is -1.02. The van der Waals surface area contributed by atoms with Gasteiger partial charge in [-0.05, 0) is 36.1 Å². The lowest BCUT2D eigenvalue weighted by molar-refractivity contribution is 0.474. The lowest BCUT2D eigenvalue weighted by Crippen LogP contribution is -2.18. The molecule has 1 aliphatic carbocycles. The zero-order valence-electron chi connectivity index (χ0n) is 6.25. The van der Waals surface area contributed by atoms with Gasteiger partial charge in [0.1, 0.15) is 5.75 Å². The molecule has 3 N–H and O–H groups in total. The molecular formula is C9H11NO. The van der Waals surface area contributed by atoms with E-state index in [0.29, 0.717) is 5.75 Å². The summed E-state index contributed by atoms with van der Waals surface area (Å²) in [6, 6.07) is 5.74. The Bertz CT molecular complexity index is 283. The van der Waals surface area contributed by atoms with Gasteiger partial charge >= 0.3 is 0 Å². The third-order valence-corrected chi connectivity index (χ3v) is 2.15. The molecule has 1 atom stereocenters. The van der Waals surface area contributed by atoms with Crippen LogP contribution in [0.2, 0.25) is 0 Å². The first kappa shape index (κ1) is 6.68. The molecule has 1 aliphatic rings. The first-order valence-corrected chi connectivity index (χ1v) is 3.82. The molecule has 1 aromatic carbocycles. The maximum atomic E-state index is 9.14. The molecule has 11 heavy (non-hydrogen) atoms. The number of hydrogen-bond acceptors (Lipinski definition) is 2. The van der Waals surface area contributed by atoms with Gasteiger partial charge in [-0.3, -0.25) is 0 Å². The molecular weight excluding hydrogens is 138 g/mol. The van der Waals surface area contributed by atoms with E-state index in [-0.39, 0.29) is 6.04 Å². The van der Waals surface area contributed by atoms with Crippen molar-refractivity contribution in [1.82, 2.24) is 0 Å². The summed E-state index contributed by atoms with van der Waals surface area (Å²) in [5.74, 6) is 0.345. The number of benzene rings is 1. The van der Waals surface area contributed by atoms with Crippen molar-refractivity contribution in [2.45, 2.75) is 18.9 Å². The Kier molecular flexibility index (Phi) is 1.36. The van der Waals surface area contributed by atoms with E-state index in [1.165, 1.54) is 11.1 Å². The lowest BCUT2D eigenvalue weighted by atomic mass is 10.1. The van der Waals surface area contributed by atoms with Crippen LogP contribution < -0.4 is 5.73 Å². The third kappa shape index (κ3) is 1.10. The number of fused-ring (bicyclic) bond motifs is 1. The van der Waals surface area contributed by atoms with Crippen molar-refractivity contribution >= 4 is 0 Å². The summed E-state index contributed by atoms with van der Waals surface area (Å²) >= 11 is 0. The molecule has 0 spiro atoms. The van der Waals surface area contributed by atoms with Crippen LogP contribution in [0.15, 0.2) is 18.2 Å². The lowest BCUT2D eigenvalue weighted by Gasteiger charge is -1.97. The van der Waals surface area contributed by atoms with Gasteiger partial charge in [-0.2, -0.15) is 0 Å². The molecule has 0 aromatic heterocycles. The van der Waals surface area contributed by atoms with Crippen LogP contribution in [0, 0.1) is 0 Å². The molecule has 0 radical (unpaired) electrons. The summed E-state index contributed by atoms with van der Waals surface area (Å²) in [4.78, 5) is 0. The van der Waals surface area contributed by atoms with Crippen molar-refractivity contribution in [1.29, 1.82) is 0 Å². The van der Waals surface area contributed by atoms with Crippen molar-refractivity contribution in [3.8, 4) is 5.75 Å². The van der Waals surface area contributed by atoms with Gasteiger partial charge in [0.25, 0.3) is 0 Å². The second kappa shape index (κ2) is 2.24. The zero-order valence-corrected chi connectivity index (χ0v) is 6.25. The van der Waals surface area contributed by atoms with Gasteiger partial charge in [0.15, 0.2) is 0 Å². The zero-order chi connectivity index (χ0) is 7.84. The summed E-state index contributed by atoms with van der Waals surface area (Å²) in [6.45, 7) is 0. The van der Waals surface area contributed by atoms with E-state index in [0.717, 1.165) is 12.8 Å². The van der Waals surface area contributed by atoms with Crippen molar-refractivity contribution in [3.05, 3.63) is 29.3 Å². The number of rotatable bonds is 0. The number of phenols is 1. The van der Waals surface area contributed by atoms with E-state index in [9.17, 15) is 0 Å². The quantitative estimate of drug-likeness (QED) is 0.573. The van der Waals surface area contributed by atoms with Crippen LogP contribution in [-0.2, 0) is 12.8 Å². The van der Waals surface area contributed by atoms with Gasteiger partial charge in [0, 0.05) is 6.04 Å². The highest BCUT2D eigenvalue weighted by molar-refractivity contribution is 5.39. The average molecular weight is 149 g/mol. The minimum atomic E-state index is 0.256. The van der Waals surface area contributed by atoms with Crippen molar-refractivity contribution < 1.29 is 5.11 Å². The number of hydrogen-bond donors (Lipinski definition) is 2. The van der Waals surface area contributed by atoms with Crippen LogP contribution in [-0.4, -0.2) is 11.1 Å². The first-order valence-electron chi connectivity index (χ1n) is 3.82. The molecule has 0 saturated carbocycles. The van der Waals surface area contributed by atoms with Crippen LogP contribution in [0.25, 0.3) is 0 Å². The maximum Gasteiger partial charge on any atom is 0.115 e. The van der Waals surface area contributed by atoms with Gasteiger partial charge in [0.2, 0.25) is 0 Å². The minimum absolute atomic E-state index is 0.256. The molecule has 2 rings (SSSR count). The van der Waals surface area contributed by atoms with Crippen molar-refractivity contribution in [3.63, 3.8) is 0 Å². The second-order valence-corrected chi connectivity index (χ2v) is 3.12. The van der Waals surface area contributed by atoms with Gasteiger partial charge in [-0.1, -0.05) is 6.07 Å². The molecule has 0 fully saturated rings. The predicted octanol–water partition coefficient (Wildman–Crippen LogP) is 0.818. The first-order chi connectivity index (χ1) is 5.25. The molecule has 1 aromatic rings. The van der Waals surface area contributed by atoms with Gasteiger partial charge < -0.3 is 10.8 Å². The van der Waals surface area contributed by atoms with E-state index in [2.05, 4.69) is 0 Å².